The molecule has 2 atom stereocenters. The molecule has 1 N–H and O–H groups in total. The second kappa shape index (κ2) is 6.89. The third-order valence-electron chi connectivity index (χ3n) is 2.38. The van der Waals surface area contributed by atoms with Gasteiger partial charge in [-0.25, -0.2) is 0 Å². The molecular formula is C13H27NO2. The Labute approximate surface area is 99.9 Å². The lowest BCUT2D eigenvalue weighted by Crippen LogP contribution is -2.44. The van der Waals surface area contributed by atoms with Crippen LogP contribution in [0.2, 0.25) is 0 Å². The molecule has 3 nitrogen and oxygen atoms in total. The molecule has 0 aliphatic heterocycles. The highest BCUT2D eigenvalue weighted by Crippen LogP contribution is 2.09. The van der Waals surface area contributed by atoms with Crippen molar-refractivity contribution in [3.63, 3.8) is 0 Å². The Kier molecular flexibility index (Phi) is 6.65. The zero-order chi connectivity index (χ0) is 12.8. The summed E-state index contributed by atoms with van der Waals surface area (Å²) >= 11 is 0. The van der Waals surface area contributed by atoms with Gasteiger partial charge in [-0.2, -0.15) is 0 Å². The molecule has 0 aliphatic rings. The summed E-state index contributed by atoms with van der Waals surface area (Å²) in [5.41, 5.74) is -0.403. The fourth-order valence-electron chi connectivity index (χ4n) is 1.57. The molecular weight excluding hydrogens is 202 g/mol. The first-order valence-electron chi connectivity index (χ1n) is 6.29. The average Bonchev–Trinajstić information content (AvgIpc) is 2.14. The zero-order valence-corrected chi connectivity index (χ0v) is 11.6. The van der Waals surface area contributed by atoms with E-state index in [0.29, 0.717) is 6.04 Å². The van der Waals surface area contributed by atoms with Crippen molar-refractivity contribution in [2.45, 2.75) is 78.5 Å². The number of ether oxygens (including phenoxy) is 1. The van der Waals surface area contributed by atoms with Crippen LogP contribution < -0.4 is 5.32 Å². The minimum atomic E-state index is -0.403. The molecule has 1 unspecified atom stereocenters. The van der Waals surface area contributed by atoms with Gasteiger partial charge in [0.05, 0.1) is 0 Å². The fraction of sp³-hybridized carbons (Fsp3) is 0.923. The number of carbonyl (C=O) groups is 1. The molecule has 0 saturated carbocycles. The normalized spacial score (nSPS) is 15.6. The highest BCUT2D eigenvalue weighted by Gasteiger charge is 2.22. The average molecular weight is 229 g/mol. The van der Waals surface area contributed by atoms with Crippen molar-refractivity contribution < 1.29 is 9.53 Å². The Hall–Kier alpha value is -0.570. The van der Waals surface area contributed by atoms with E-state index in [9.17, 15) is 4.79 Å². The molecule has 0 spiro atoms. The van der Waals surface area contributed by atoms with Gasteiger partial charge in [0.25, 0.3) is 0 Å². The van der Waals surface area contributed by atoms with Crippen LogP contribution in [0.15, 0.2) is 0 Å². The standard InChI is InChI=1S/C13H27NO2/c1-7-9-11(8-2)14-10(3)12(15)16-13(4,5)6/h10-11,14H,7-9H2,1-6H3/t10-,11?/m0/s1. The number of carbonyl (C=O) groups excluding carboxylic acids is 1. The van der Waals surface area contributed by atoms with Crippen LogP contribution in [-0.2, 0) is 9.53 Å². The molecule has 0 aromatic carbocycles. The molecule has 0 aliphatic carbocycles. The van der Waals surface area contributed by atoms with E-state index in [1.54, 1.807) is 0 Å². The van der Waals surface area contributed by atoms with Gasteiger partial charge in [0, 0.05) is 6.04 Å². The maximum atomic E-state index is 11.7. The molecule has 0 bridgehead atoms. The fourth-order valence-corrected chi connectivity index (χ4v) is 1.57. The molecule has 0 rings (SSSR count). The number of hydrogen-bond acceptors (Lipinski definition) is 3. The lowest BCUT2D eigenvalue weighted by atomic mass is 10.1. The summed E-state index contributed by atoms with van der Waals surface area (Å²) in [7, 11) is 0. The van der Waals surface area contributed by atoms with Crippen molar-refractivity contribution in [3.8, 4) is 0 Å². The van der Waals surface area contributed by atoms with Crippen LogP contribution in [-0.4, -0.2) is 23.7 Å². The van der Waals surface area contributed by atoms with E-state index in [1.165, 1.54) is 0 Å². The van der Waals surface area contributed by atoms with Crippen molar-refractivity contribution in [3.05, 3.63) is 0 Å². The SMILES string of the molecule is CCCC(CC)N[C@@H](C)C(=O)OC(C)(C)C. The second-order valence-electron chi connectivity index (χ2n) is 5.32. The maximum absolute atomic E-state index is 11.7. The Morgan fingerprint density at radius 2 is 1.88 bits per heavy atom. The smallest absolute Gasteiger partial charge is 0.323 e. The number of hydrogen-bond donors (Lipinski definition) is 1. The van der Waals surface area contributed by atoms with E-state index >= 15 is 0 Å². The highest BCUT2D eigenvalue weighted by molar-refractivity contribution is 5.75. The third kappa shape index (κ3) is 6.83. The maximum Gasteiger partial charge on any atom is 0.323 e. The lowest BCUT2D eigenvalue weighted by Gasteiger charge is -2.25. The Morgan fingerprint density at radius 3 is 2.25 bits per heavy atom. The molecule has 3 heteroatoms. The summed E-state index contributed by atoms with van der Waals surface area (Å²) in [5, 5.41) is 3.32. The van der Waals surface area contributed by atoms with Crippen LogP contribution in [0.5, 0.6) is 0 Å². The van der Waals surface area contributed by atoms with Gasteiger partial charge in [-0.15, -0.1) is 0 Å². The van der Waals surface area contributed by atoms with Crippen LogP contribution in [0.25, 0.3) is 0 Å². The van der Waals surface area contributed by atoms with Crippen molar-refractivity contribution in [1.82, 2.24) is 5.32 Å². The molecule has 0 heterocycles. The van der Waals surface area contributed by atoms with E-state index in [4.69, 9.17) is 4.74 Å². The van der Waals surface area contributed by atoms with E-state index < -0.39 is 5.60 Å². The topological polar surface area (TPSA) is 38.3 Å². The Balaban J connectivity index is 4.13. The lowest BCUT2D eigenvalue weighted by molar-refractivity contribution is -0.157. The Bertz CT molecular complexity index is 208. The van der Waals surface area contributed by atoms with Crippen molar-refractivity contribution in [1.29, 1.82) is 0 Å². The van der Waals surface area contributed by atoms with Gasteiger partial charge in [0.1, 0.15) is 11.6 Å². The predicted octanol–water partition coefficient (Wildman–Crippen LogP) is 2.88. The number of rotatable bonds is 6. The van der Waals surface area contributed by atoms with Crippen molar-refractivity contribution >= 4 is 5.97 Å². The monoisotopic (exact) mass is 229 g/mol. The van der Waals surface area contributed by atoms with Crippen LogP contribution >= 0.6 is 0 Å². The first kappa shape index (κ1) is 15.4. The third-order valence-corrected chi connectivity index (χ3v) is 2.38. The number of nitrogens with one attached hydrogen (secondary N) is 1. The van der Waals surface area contributed by atoms with Crippen LogP contribution in [0.4, 0.5) is 0 Å². The van der Waals surface area contributed by atoms with Crippen molar-refractivity contribution in [2.24, 2.45) is 0 Å². The Morgan fingerprint density at radius 1 is 1.31 bits per heavy atom. The molecule has 96 valence electrons. The van der Waals surface area contributed by atoms with Gasteiger partial charge < -0.3 is 10.1 Å². The summed E-state index contributed by atoms with van der Waals surface area (Å²) in [6.07, 6.45) is 3.27. The molecule has 0 amide bonds. The molecule has 0 aromatic rings. The summed E-state index contributed by atoms with van der Waals surface area (Å²) in [5.74, 6) is -0.165. The van der Waals surface area contributed by atoms with Gasteiger partial charge in [-0.05, 0) is 40.5 Å². The number of esters is 1. The van der Waals surface area contributed by atoms with Gasteiger partial charge >= 0.3 is 5.97 Å². The summed E-state index contributed by atoms with van der Waals surface area (Å²) in [6.45, 7) is 11.8. The van der Waals surface area contributed by atoms with Crippen LogP contribution in [0, 0.1) is 0 Å². The quantitative estimate of drug-likeness (QED) is 0.712. The predicted molar refractivity (Wildman–Crippen MR) is 67.4 cm³/mol. The summed E-state index contributed by atoms with van der Waals surface area (Å²) in [4.78, 5) is 11.7. The molecule has 0 aromatic heterocycles. The van der Waals surface area contributed by atoms with Gasteiger partial charge in [0.2, 0.25) is 0 Å². The van der Waals surface area contributed by atoms with Gasteiger partial charge in [0.15, 0.2) is 0 Å². The van der Waals surface area contributed by atoms with Gasteiger partial charge in [-0.3, -0.25) is 4.79 Å². The van der Waals surface area contributed by atoms with Crippen LogP contribution in [0.3, 0.4) is 0 Å². The zero-order valence-electron chi connectivity index (χ0n) is 11.6. The van der Waals surface area contributed by atoms with Crippen molar-refractivity contribution in [2.75, 3.05) is 0 Å². The molecule has 0 saturated heterocycles. The van der Waals surface area contributed by atoms with E-state index in [0.717, 1.165) is 19.3 Å². The summed E-state index contributed by atoms with van der Waals surface area (Å²) in [6, 6.07) is 0.184. The van der Waals surface area contributed by atoms with Gasteiger partial charge in [-0.1, -0.05) is 20.3 Å². The molecule has 16 heavy (non-hydrogen) atoms. The molecule has 0 fully saturated rings. The summed E-state index contributed by atoms with van der Waals surface area (Å²) < 4.78 is 5.32. The highest BCUT2D eigenvalue weighted by atomic mass is 16.6. The molecule has 0 radical (unpaired) electrons. The minimum Gasteiger partial charge on any atom is -0.459 e. The van der Waals surface area contributed by atoms with E-state index in [2.05, 4.69) is 19.2 Å². The van der Waals surface area contributed by atoms with E-state index in [-0.39, 0.29) is 12.0 Å². The first-order chi connectivity index (χ1) is 7.30. The van der Waals surface area contributed by atoms with Crippen LogP contribution in [0.1, 0.15) is 60.8 Å². The first-order valence-corrected chi connectivity index (χ1v) is 6.29. The second-order valence-corrected chi connectivity index (χ2v) is 5.32. The van der Waals surface area contributed by atoms with E-state index in [1.807, 2.05) is 27.7 Å². The minimum absolute atomic E-state index is 0.165. The largest absolute Gasteiger partial charge is 0.459 e.